The van der Waals surface area contributed by atoms with Gasteiger partial charge in [0.1, 0.15) is 0 Å². The number of hydrogen-bond acceptors (Lipinski definition) is 6. The second kappa shape index (κ2) is 9.52. The number of thioether (sulfide) groups is 1. The molecule has 1 heterocycles. The molecule has 1 aliphatic carbocycles. The number of para-hydroxylation sites is 1. The molecule has 0 radical (unpaired) electrons. The van der Waals surface area contributed by atoms with Crippen LogP contribution >= 0.6 is 11.8 Å². The average molecular weight is 453 g/mol. The van der Waals surface area contributed by atoms with Gasteiger partial charge in [0, 0.05) is 23.9 Å². The Bertz CT molecular complexity index is 1220. The summed E-state index contributed by atoms with van der Waals surface area (Å²) in [7, 11) is 0. The van der Waals surface area contributed by atoms with Gasteiger partial charge in [-0.25, -0.2) is 4.98 Å². The van der Waals surface area contributed by atoms with Crippen molar-refractivity contribution >= 4 is 39.9 Å². The number of aromatic nitrogens is 2. The van der Waals surface area contributed by atoms with Crippen molar-refractivity contribution in [2.75, 3.05) is 5.32 Å². The number of nitro benzene ring substituents is 1. The van der Waals surface area contributed by atoms with Crippen LogP contribution in [0.5, 0.6) is 0 Å². The topological polar surface area (TPSA) is 107 Å². The van der Waals surface area contributed by atoms with E-state index in [0.29, 0.717) is 21.7 Å². The van der Waals surface area contributed by atoms with Crippen LogP contribution in [-0.4, -0.2) is 25.6 Å². The van der Waals surface area contributed by atoms with Crippen molar-refractivity contribution in [1.29, 1.82) is 0 Å². The normalized spacial score (nSPS) is 15.4. The van der Waals surface area contributed by atoms with Crippen LogP contribution in [0.15, 0.2) is 58.5 Å². The van der Waals surface area contributed by atoms with Gasteiger partial charge >= 0.3 is 0 Å². The molecule has 3 aromatic rings. The van der Waals surface area contributed by atoms with E-state index < -0.39 is 10.2 Å². The molecular formula is C23H24N4O4S. The zero-order valence-electron chi connectivity index (χ0n) is 17.7. The fourth-order valence-electron chi connectivity index (χ4n) is 4.02. The van der Waals surface area contributed by atoms with Crippen molar-refractivity contribution in [1.82, 2.24) is 9.55 Å². The summed E-state index contributed by atoms with van der Waals surface area (Å²) in [6.07, 6.45) is 5.13. The summed E-state index contributed by atoms with van der Waals surface area (Å²) in [5, 5.41) is 14.3. The Kier molecular flexibility index (Phi) is 6.55. The number of amides is 1. The van der Waals surface area contributed by atoms with Gasteiger partial charge in [-0.3, -0.25) is 24.3 Å². The summed E-state index contributed by atoms with van der Waals surface area (Å²) < 4.78 is 1.77. The fraction of sp³-hybridized carbons (Fsp3) is 0.348. The second-order valence-electron chi connectivity index (χ2n) is 7.94. The molecule has 32 heavy (non-hydrogen) atoms. The second-order valence-corrected chi connectivity index (χ2v) is 9.24. The first-order chi connectivity index (χ1) is 15.4. The number of nitrogens with zero attached hydrogens (tertiary/aromatic N) is 3. The molecule has 166 valence electrons. The molecule has 2 aromatic carbocycles. The van der Waals surface area contributed by atoms with Crippen LogP contribution in [0.3, 0.4) is 0 Å². The number of anilines is 1. The monoisotopic (exact) mass is 452 g/mol. The Balaban J connectivity index is 1.62. The lowest BCUT2D eigenvalue weighted by Gasteiger charge is -2.26. The molecule has 9 heteroatoms. The van der Waals surface area contributed by atoms with Crippen LogP contribution in [0.4, 0.5) is 11.4 Å². The molecular weight excluding hydrogens is 428 g/mol. The summed E-state index contributed by atoms with van der Waals surface area (Å²) in [4.78, 5) is 41.4. The van der Waals surface area contributed by atoms with Gasteiger partial charge in [-0.15, -0.1) is 0 Å². The Morgan fingerprint density at radius 1 is 1.19 bits per heavy atom. The Morgan fingerprint density at radius 3 is 2.69 bits per heavy atom. The third kappa shape index (κ3) is 4.67. The van der Waals surface area contributed by atoms with E-state index in [1.54, 1.807) is 29.7 Å². The van der Waals surface area contributed by atoms with E-state index in [9.17, 15) is 19.7 Å². The molecule has 0 bridgehead atoms. The maximum atomic E-state index is 13.3. The van der Waals surface area contributed by atoms with Crippen LogP contribution in [0.25, 0.3) is 10.9 Å². The molecule has 8 nitrogen and oxygen atoms in total. The number of nitrogens with one attached hydrogen (secondary N) is 1. The van der Waals surface area contributed by atoms with Gasteiger partial charge in [0.25, 0.3) is 11.2 Å². The molecule has 1 saturated carbocycles. The van der Waals surface area contributed by atoms with Gasteiger partial charge in [0.05, 0.1) is 21.1 Å². The molecule has 1 aliphatic rings. The maximum absolute atomic E-state index is 13.3. The smallest absolute Gasteiger partial charge is 0.271 e. The van der Waals surface area contributed by atoms with Gasteiger partial charge in [-0.1, -0.05) is 49.2 Å². The number of carbonyl (C=O) groups is 1. The molecule has 0 spiro atoms. The SMILES string of the molecule is CC(Sc1nc2ccccc2c(=O)n1C1CCCCC1)C(=O)Nc1cccc([N+](=O)[O-])c1. The lowest BCUT2D eigenvalue weighted by atomic mass is 9.95. The minimum Gasteiger partial charge on any atom is -0.325 e. The molecule has 1 unspecified atom stereocenters. The van der Waals surface area contributed by atoms with Gasteiger partial charge in [0.15, 0.2) is 5.16 Å². The highest BCUT2D eigenvalue weighted by Crippen LogP contribution is 2.32. The van der Waals surface area contributed by atoms with E-state index in [0.717, 1.165) is 32.1 Å². The van der Waals surface area contributed by atoms with E-state index in [-0.39, 0.29) is 23.2 Å². The molecule has 0 saturated heterocycles. The van der Waals surface area contributed by atoms with E-state index in [2.05, 4.69) is 5.32 Å². The van der Waals surface area contributed by atoms with Gasteiger partial charge in [-0.05, 0) is 38.0 Å². The zero-order valence-corrected chi connectivity index (χ0v) is 18.5. The molecule has 1 fully saturated rings. The zero-order chi connectivity index (χ0) is 22.7. The van der Waals surface area contributed by atoms with Crippen LogP contribution in [0, 0.1) is 10.1 Å². The van der Waals surface area contributed by atoms with Gasteiger partial charge in [0.2, 0.25) is 5.91 Å². The molecule has 1 aromatic heterocycles. The van der Waals surface area contributed by atoms with Crippen molar-refractivity contribution in [3.05, 3.63) is 69.0 Å². The van der Waals surface area contributed by atoms with E-state index in [1.807, 2.05) is 12.1 Å². The molecule has 1 atom stereocenters. The number of benzene rings is 2. The highest BCUT2D eigenvalue weighted by molar-refractivity contribution is 8.00. The molecule has 1 N–H and O–H groups in total. The number of fused-ring (bicyclic) bond motifs is 1. The van der Waals surface area contributed by atoms with Crippen molar-refractivity contribution in [2.24, 2.45) is 0 Å². The van der Waals surface area contributed by atoms with Crippen LogP contribution in [-0.2, 0) is 4.79 Å². The summed E-state index contributed by atoms with van der Waals surface area (Å²) >= 11 is 1.24. The Morgan fingerprint density at radius 2 is 1.94 bits per heavy atom. The highest BCUT2D eigenvalue weighted by Gasteiger charge is 2.25. The van der Waals surface area contributed by atoms with Crippen molar-refractivity contribution in [3.8, 4) is 0 Å². The van der Waals surface area contributed by atoms with Gasteiger partial charge < -0.3 is 5.32 Å². The molecule has 4 rings (SSSR count). The van der Waals surface area contributed by atoms with Crippen molar-refractivity contribution < 1.29 is 9.72 Å². The fourth-order valence-corrected chi connectivity index (χ4v) is 5.00. The first kappa shape index (κ1) is 22.0. The third-order valence-electron chi connectivity index (χ3n) is 5.69. The third-order valence-corrected chi connectivity index (χ3v) is 6.76. The van der Waals surface area contributed by atoms with Crippen LogP contribution < -0.4 is 10.9 Å². The van der Waals surface area contributed by atoms with Crippen molar-refractivity contribution in [3.63, 3.8) is 0 Å². The number of non-ortho nitro benzene ring substituents is 1. The van der Waals surface area contributed by atoms with E-state index in [4.69, 9.17) is 4.98 Å². The molecule has 1 amide bonds. The number of hydrogen-bond donors (Lipinski definition) is 1. The first-order valence-corrected chi connectivity index (χ1v) is 11.6. The maximum Gasteiger partial charge on any atom is 0.271 e. The molecule has 0 aliphatic heterocycles. The minimum absolute atomic E-state index is 0.0721. The first-order valence-electron chi connectivity index (χ1n) is 10.7. The quantitative estimate of drug-likeness (QED) is 0.246. The van der Waals surface area contributed by atoms with E-state index in [1.165, 1.54) is 30.0 Å². The highest BCUT2D eigenvalue weighted by atomic mass is 32.2. The number of rotatable bonds is 6. The summed E-state index contributed by atoms with van der Waals surface area (Å²) in [5.41, 5.74) is 0.799. The lowest BCUT2D eigenvalue weighted by Crippen LogP contribution is -2.30. The van der Waals surface area contributed by atoms with Crippen molar-refractivity contribution in [2.45, 2.75) is 55.5 Å². The summed E-state index contributed by atoms with van der Waals surface area (Å²) in [5.74, 6) is -0.312. The largest absolute Gasteiger partial charge is 0.325 e. The lowest BCUT2D eigenvalue weighted by molar-refractivity contribution is -0.384. The standard InChI is InChI=1S/C23H24N4O4S/c1-15(21(28)24-16-8-7-11-18(14-16)27(30)31)32-23-25-20-13-6-5-12-19(20)22(29)26(23)17-9-3-2-4-10-17/h5-8,11-15,17H,2-4,9-10H2,1H3,(H,24,28). The van der Waals surface area contributed by atoms with E-state index >= 15 is 0 Å². The Hall–Kier alpha value is -3.20. The predicted octanol–water partition coefficient (Wildman–Crippen LogP) is 4.93. The minimum atomic E-state index is -0.558. The average Bonchev–Trinajstić information content (AvgIpc) is 2.80. The predicted molar refractivity (Wildman–Crippen MR) is 125 cm³/mol. The number of nitro groups is 1. The van der Waals surface area contributed by atoms with Crippen LogP contribution in [0.1, 0.15) is 45.1 Å². The van der Waals surface area contributed by atoms with Gasteiger partial charge in [-0.2, -0.15) is 0 Å². The van der Waals surface area contributed by atoms with Crippen LogP contribution in [0.2, 0.25) is 0 Å². The number of carbonyl (C=O) groups excluding carboxylic acids is 1. The summed E-state index contributed by atoms with van der Waals surface area (Å²) in [6.45, 7) is 1.74. The summed E-state index contributed by atoms with van der Waals surface area (Å²) in [6, 6.07) is 13.2. The Labute approximate surface area is 189 Å².